The number of carbonyl (C=O) groups excluding carboxylic acids is 1. The van der Waals surface area contributed by atoms with Crippen LogP contribution in [0.4, 0.5) is 13.2 Å². The molecule has 0 atom stereocenters. The van der Waals surface area contributed by atoms with Crippen molar-refractivity contribution in [1.29, 1.82) is 0 Å². The monoisotopic (exact) mass is 357 g/mol. The van der Waals surface area contributed by atoms with Gasteiger partial charge >= 0.3 is 6.18 Å². The summed E-state index contributed by atoms with van der Waals surface area (Å²) in [5, 5.41) is 0. The molecule has 0 aromatic heterocycles. The Balaban J connectivity index is 2.99. The molecule has 0 spiro atoms. The van der Waals surface area contributed by atoms with Crippen molar-refractivity contribution < 1.29 is 18.0 Å². The number of hydrogen-bond acceptors (Lipinski definition) is 1. The van der Waals surface area contributed by atoms with E-state index in [2.05, 4.69) is 15.9 Å². The molecule has 1 aromatic carbocycles. The molecule has 1 rings (SSSR count). The van der Waals surface area contributed by atoms with Gasteiger partial charge in [-0.1, -0.05) is 15.9 Å². The molecule has 1 aromatic rings. The van der Waals surface area contributed by atoms with Gasteiger partial charge in [0.2, 0.25) is 0 Å². The number of hydrogen-bond donors (Lipinski definition) is 0. The predicted molar refractivity (Wildman–Crippen MR) is 71.4 cm³/mol. The zero-order valence-electron chi connectivity index (χ0n) is 10.1. The lowest BCUT2D eigenvalue weighted by atomic mass is 10.1. The molecule has 0 radical (unpaired) electrons. The van der Waals surface area contributed by atoms with Gasteiger partial charge in [-0.3, -0.25) is 4.79 Å². The summed E-state index contributed by atoms with van der Waals surface area (Å²) in [5.41, 5.74) is -0.850. The summed E-state index contributed by atoms with van der Waals surface area (Å²) in [6.45, 7) is 0.403. The Hall–Kier alpha value is -0.750. The summed E-state index contributed by atoms with van der Waals surface area (Å²) < 4.78 is 38.1. The summed E-state index contributed by atoms with van der Waals surface area (Å²) in [6, 6.07) is 3.44. The normalized spacial score (nSPS) is 11.5. The molecule has 0 saturated carbocycles. The number of alkyl halides is 4. The second-order valence-corrected chi connectivity index (χ2v) is 5.19. The smallest absolute Gasteiger partial charge is 0.342 e. The third-order valence-corrected chi connectivity index (χ3v) is 3.45. The van der Waals surface area contributed by atoms with Gasteiger partial charge in [-0.15, -0.1) is 11.6 Å². The Morgan fingerprint density at radius 1 is 1.42 bits per heavy atom. The number of rotatable bonds is 4. The van der Waals surface area contributed by atoms with Crippen LogP contribution in [0.1, 0.15) is 22.3 Å². The van der Waals surface area contributed by atoms with Gasteiger partial charge in [0.05, 0.1) is 5.56 Å². The standard InChI is InChI=1S/C12H12BrClF3NO/c1-18(6-2-5-14)11(19)8-3-4-10(13)9(7-8)12(15,16)17/h3-4,7H,2,5-6H2,1H3. The number of carbonyl (C=O) groups is 1. The first kappa shape index (κ1) is 16.3. The van der Waals surface area contributed by atoms with Gasteiger partial charge in [0, 0.05) is 29.5 Å². The van der Waals surface area contributed by atoms with E-state index in [1.807, 2.05) is 0 Å². The van der Waals surface area contributed by atoms with Crippen molar-refractivity contribution in [1.82, 2.24) is 4.90 Å². The van der Waals surface area contributed by atoms with Gasteiger partial charge in [0.1, 0.15) is 0 Å². The van der Waals surface area contributed by atoms with Crippen molar-refractivity contribution in [2.24, 2.45) is 0 Å². The van der Waals surface area contributed by atoms with Gasteiger partial charge in [-0.05, 0) is 24.6 Å². The maximum Gasteiger partial charge on any atom is 0.417 e. The minimum Gasteiger partial charge on any atom is -0.342 e. The largest absolute Gasteiger partial charge is 0.417 e. The fraction of sp³-hybridized carbons (Fsp3) is 0.417. The zero-order valence-corrected chi connectivity index (χ0v) is 12.4. The van der Waals surface area contributed by atoms with E-state index >= 15 is 0 Å². The Bertz CT molecular complexity index is 465. The second-order valence-electron chi connectivity index (χ2n) is 3.96. The van der Waals surface area contributed by atoms with Crippen molar-refractivity contribution in [3.05, 3.63) is 33.8 Å². The van der Waals surface area contributed by atoms with Crippen molar-refractivity contribution >= 4 is 33.4 Å². The Kier molecular flexibility index (Phi) is 5.67. The first-order valence-electron chi connectivity index (χ1n) is 5.45. The second kappa shape index (κ2) is 6.61. The Morgan fingerprint density at radius 2 is 2.05 bits per heavy atom. The summed E-state index contributed by atoms with van der Waals surface area (Å²) in [5.74, 6) is -0.0608. The third kappa shape index (κ3) is 4.38. The van der Waals surface area contributed by atoms with E-state index in [9.17, 15) is 18.0 Å². The molecule has 0 aliphatic rings. The van der Waals surface area contributed by atoms with E-state index in [4.69, 9.17) is 11.6 Å². The molecular formula is C12H12BrClF3NO. The molecule has 0 heterocycles. The van der Waals surface area contributed by atoms with Crippen LogP contribution < -0.4 is 0 Å². The molecule has 0 N–H and O–H groups in total. The van der Waals surface area contributed by atoms with Crippen molar-refractivity contribution in [3.8, 4) is 0 Å². The van der Waals surface area contributed by atoms with Gasteiger partial charge in [-0.25, -0.2) is 0 Å². The molecule has 19 heavy (non-hydrogen) atoms. The summed E-state index contributed by atoms with van der Waals surface area (Å²) in [4.78, 5) is 13.3. The summed E-state index contributed by atoms with van der Waals surface area (Å²) in [6.07, 6.45) is -3.91. The van der Waals surface area contributed by atoms with Gasteiger partial charge in [0.25, 0.3) is 5.91 Å². The quantitative estimate of drug-likeness (QED) is 0.740. The van der Waals surface area contributed by atoms with E-state index in [1.165, 1.54) is 24.1 Å². The van der Waals surface area contributed by atoms with E-state index in [0.717, 1.165) is 6.07 Å². The van der Waals surface area contributed by atoms with Crippen LogP contribution in [0.25, 0.3) is 0 Å². The van der Waals surface area contributed by atoms with Crippen LogP contribution in [0.2, 0.25) is 0 Å². The zero-order chi connectivity index (χ0) is 14.6. The van der Waals surface area contributed by atoms with Crippen LogP contribution in [0, 0.1) is 0 Å². The molecule has 1 amide bonds. The maximum atomic E-state index is 12.7. The Morgan fingerprint density at radius 3 is 2.58 bits per heavy atom. The minimum atomic E-state index is -4.50. The SMILES string of the molecule is CN(CCCCl)C(=O)c1ccc(Br)c(C(F)(F)F)c1. The average Bonchev–Trinajstić information content (AvgIpc) is 2.34. The highest BCUT2D eigenvalue weighted by Gasteiger charge is 2.33. The fourth-order valence-corrected chi connectivity index (χ4v) is 2.09. The lowest BCUT2D eigenvalue weighted by molar-refractivity contribution is -0.138. The highest BCUT2D eigenvalue weighted by atomic mass is 79.9. The van der Waals surface area contributed by atoms with Crippen LogP contribution in [-0.2, 0) is 6.18 Å². The molecule has 0 aliphatic carbocycles. The van der Waals surface area contributed by atoms with E-state index in [1.54, 1.807) is 0 Å². The molecule has 0 fully saturated rings. The molecular weight excluding hydrogens is 346 g/mol. The third-order valence-electron chi connectivity index (χ3n) is 2.49. The van der Waals surface area contributed by atoms with Crippen LogP contribution in [0.3, 0.4) is 0 Å². The van der Waals surface area contributed by atoms with Crippen LogP contribution >= 0.6 is 27.5 Å². The number of halogens is 5. The Labute approximate surface area is 122 Å². The summed E-state index contributed by atoms with van der Waals surface area (Å²) in [7, 11) is 1.53. The first-order valence-corrected chi connectivity index (χ1v) is 6.78. The molecule has 0 unspecified atom stereocenters. The molecule has 0 saturated heterocycles. The number of nitrogens with zero attached hydrogens (tertiary/aromatic N) is 1. The van der Waals surface area contributed by atoms with Gasteiger partial charge in [0.15, 0.2) is 0 Å². The van der Waals surface area contributed by atoms with E-state index in [-0.39, 0.29) is 10.0 Å². The van der Waals surface area contributed by atoms with Crippen LogP contribution in [0.5, 0.6) is 0 Å². The van der Waals surface area contributed by atoms with Crippen LogP contribution in [0.15, 0.2) is 22.7 Å². The minimum absolute atomic E-state index is 0.00703. The van der Waals surface area contributed by atoms with Gasteiger partial charge < -0.3 is 4.90 Å². The lowest BCUT2D eigenvalue weighted by Gasteiger charge is -2.18. The van der Waals surface area contributed by atoms with E-state index < -0.39 is 17.6 Å². The predicted octanol–water partition coefficient (Wildman–Crippen LogP) is 4.17. The van der Waals surface area contributed by atoms with Crippen molar-refractivity contribution in [2.45, 2.75) is 12.6 Å². The highest BCUT2D eigenvalue weighted by molar-refractivity contribution is 9.10. The summed E-state index contributed by atoms with van der Waals surface area (Å²) >= 11 is 8.34. The average molecular weight is 359 g/mol. The number of amides is 1. The van der Waals surface area contributed by atoms with Gasteiger partial charge in [-0.2, -0.15) is 13.2 Å². The maximum absolute atomic E-state index is 12.7. The topological polar surface area (TPSA) is 20.3 Å². The molecule has 7 heteroatoms. The fourth-order valence-electron chi connectivity index (χ4n) is 1.49. The lowest BCUT2D eigenvalue weighted by Crippen LogP contribution is -2.28. The van der Waals surface area contributed by atoms with Crippen molar-refractivity contribution in [3.63, 3.8) is 0 Å². The van der Waals surface area contributed by atoms with Crippen molar-refractivity contribution in [2.75, 3.05) is 19.5 Å². The molecule has 0 aliphatic heterocycles. The van der Waals surface area contributed by atoms with E-state index in [0.29, 0.717) is 18.8 Å². The first-order chi connectivity index (χ1) is 8.77. The number of benzene rings is 1. The molecule has 0 bridgehead atoms. The van der Waals surface area contributed by atoms with Crippen LogP contribution in [-0.4, -0.2) is 30.3 Å². The molecule has 106 valence electrons. The molecule has 2 nitrogen and oxygen atoms in total. The highest BCUT2D eigenvalue weighted by Crippen LogP contribution is 2.35.